The molecule has 1 aromatic heterocycles. The van der Waals surface area contributed by atoms with Crippen molar-refractivity contribution in [3.63, 3.8) is 0 Å². The van der Waals surface area contributed by atoms with Crippen LogP contribution in [0.4, 0.5) is 18.9 Å². The quantitative estimate of drug-likeness (QED) is 0.301. The summed E-state index contributed by atoms with van der Waals surface area (Å²) in [5.74, 6) is -2.29. The lowest BCUT2D eigenvalue weighted by atomic mass is 10.0. The number of alkyl halides is 3. The van der Waals surface area contributed by atoms with Gasteiger partial charge in [0.2, 0.25) is 11.8 Å². The summed E-state index contributed by atoms with van der Waals surface area (Å²) in [6.07, 6.45) is 0.388. The molecular weight excluding hydrogens is 621 g/mol. The summed E-state index contributed by atoms with van der Waals surface area (Å²) in [5, 5.41) is 16.3. The first-order valence-corrected chi connectivity index (χ1v) is 16.6. The van der Waals surface area contributed by atoms with Gasteiger partial charge in [-0.25, -0.2) is 9.78 Å². The number of anilines is 1. The summed E-state index contributed by atoms with van der Waals surface area (Å²) in [5.41, 5.74) is -0.221. The third kappa shape index (κ3) is 6.79. The zero-order valence-electron chi connectivity index (χ0n) is 25.4. The third-order valence-electron chi connectivity index (χ3n) is 9.35. The van der Waals surface area contributed by atoms with E-state index in [0.29, 0.717) is 30.9 Å². The van der Waals surface area contributed by atoms with Crippen molar-refractivity contribution < 1.29 is 37.4 Å². The number of aryl methyl sites for hydroxylation is 1. The Kier molecular flexibility index (Phi) is 8.88. The topological polar surface area (TPSA) is 121 Å². The molecule has 3 heterocycles. The van der Waals surface area contributed by atoms with Crippen LogP contribution in [0.2, 0.25) is 0 Å². The van der Waals surface area contributed by atoms with Crippen molar-refractivity contribution in [2.75, 3.05) is 11.9 Å². The van der Waals surface area contributed by atoms with Crippen LogP contribution in [0.5, 0.6) is 5.19 Å². The Labute approximate surface area is 268 Å². The molecule has 3 aliphatic rings. The van der Waals surface area contributed by atoms with Crippen LogP contribution in [0.25, 0.3) is 10.2 Å². The fraction of sp³-hybridized carbons (Fsp3) is 0.515. The Morgan fingerprint density at radius 2 is 1.87 bits per heavy atom. The van der Waals surface area contributed by atoms with Gasteiger partial charge in [-0.3, -0.25) is 9.59 Å². The number of carboxylic acid groups (broad SMARTS) is 1. The van der Waals surface area contributed by atoms with E-state index in [1.165, 1.54) is 28.4 Å². The second-order valence-corrected chi connectivity index (χ2v) is 13.7. The van der Waals surface area contributed by atoms with Crippen LogP contribution in [0.3, 0.4) is 0 Å². The Balaban J connectivity index is 1.29. The summed E-state index contributed by atoms with van der Waals surface area (Å²) >= 11 is 1.36. The van der Waals surface area contributed by atoms with Crippen molar-refractivity contribution in [3.8, 4) is 5.19 Å². The van der Waals surface area contributed by atoms with E-state index in [1.807, 2.05) is 25.1 Å². The zero-order valence-corrected chi connectivity index (χ0v) is 26.3. The summed E-state index contributed by atoms with van der Waals surface area (Å²) in [7, 11) is 0. The molecule has 2 aliphatic heterocycles. The number of ether oxygens (including phenoxy) is 1. The summed E-state index contributed by atoms with van der Waals surface area (Å²) in [4.78, 5) is 46.4. The molecule has 13 heteroatoms. The second kappa shape index (κ2) is 12.7. The molecule has 5 atom stereocenters. The first-order valence-electron chi connectivity index (χ1n) is 15.8. The molecule has 1 saturated carbocycles. The van der Waals surface area contributed by atoms with Gasteiger partial charge in [0.1, 0.15) is 23.7 Å². The van der Waals surface area contributed by atoms with Crippen molar-refractivity contribution in [3.05, 3.63) is 53.6 Å². The third-order valence-corrected chi connectivity index (χ3v) is 10.3. The highest BCUT2D eigenvalue weighted by atomic mass is 32.1. The number of benzene rings is 2. The predicted molar refractivity (Wildman–Crippen MR) is 167 cm³/mol. The number of rotatable bonds is 5. The normalized spacial score (nSPS) is 27.6. The van der Waals surface area contributed by atoms with Crippen LogP contribution >= 0.6 is 11.3 Å². The average molecular weight is 659 g/mol. The SMILES string of the molecule is Cc1ccc2nc(O[C@@H]3C[C@H]4C(=O)N[C@]5(C(=O)O)C[C@H]5CCCCCCC[C@H](Nc5cccc(C(F)(F)F)c5)C(=O)N4C3)sc2c1. The van der Waals surface area contributed by atoms with Gasteiger partial charge in [0.05, 0.1) is 22.3 Å². The van der Waals surface area contributed by atoms with Crippen molar-refractivity contribution in [2.24, 2.45) is 5.92 Å². The average Bonchev–Trinajstić information content (AvgIpc) is 3.32. The minimum absolute atomic E-state index is 0.0378. The summed E-state index contributed by atoms with van der Waals surface area (Å²) in [6.45, 7) is 2.01. The Morgan fingerprint density at radius 3 is 2.63 bits per heavy atom. The van der Waals surface area contributed by atoms with Crippen LogP contribution in [0.1, 0.15) is 68.9 Å². The zero-order chi connectivity index (χ0) is 32.6. The highest BCUT2D eigenvalue weighted by Gasteiger charge is 2.62. The van der Waals surface area contributed by atoms with Crippen LogP contribution in [-0.2, 0) is 20.6 Å². The van der Waals surface area contributed by atoms with Crippen molar-refractivity contribution in [1.29, 1.82) is 0 Å². The fourth-order valence-corrected chi connectivity index (χ4v) is 7.72. The van der Waals surface area contributed by atoms with Crippen molar-refractivity contribution in [2.45, 2.75) is 94.6 Å². The lowest BCUT2D eigenvalue weighted by Crippen LogP contribution is -2.55. The number of nitrogens with one attached hydrogen (secondary N) is 2. The molecule has 246 valence electrons. The summed E-state index contributed by atoms with van der Waals surface area (Å²) < 4.78 is 47.6. The molecule has 2 saturated heterocycles. The standard InChI is InChI=1S/C33H37F3N4O5S/c1-19-12-13-24-27(14-19)46-31(38-24)45-23-16-26-28(41)39-32(30(43)44)17-21(32)8-5-3-2-4-6-11-25(29(42)40(26)18-23)37-22-10-7-9-20(15-22)33(34,35)36/h7,9-10,12-15,21,23,25-26,37H,2-6,8,11,16-18H2,1H3,(H,39,41)(H,43,44)/t21-,23-,25+,26+,32-/m1/s1. The van der Waals surface area contributed by atoms with Gasteiger partial charge in [0.15, 0.2) is 0 Å². The van der Waals surface area contributed by atoms with E-state index in [2.05, 4.69) is 15.6 Å². The maximum absolute atomic E-state index is 14.3. The molecule has 0 radical (unpaired) electrons. The number of aliphatic carboxylic acids is 1. The molecule has 6 rings (SSSR count). The van der Waals surface area contributed by atoms with Crippen LogP contribution in [-0.4, -0.2) is 63.0 Å². The molecule has 9 nitrogen and oxygen atoms in total. The number of hydrogen-bond donors (Lipinski definition) is 3. The van der Waals surface area contributed by atoms with Crippen LogP contribution in [0.15, 0.2) is 42.5 Å². The monoisotopic (exact) mass is 658 g/mol. The minimum atomic E-state index is -4.55. The highest BCUT2D eigenvalue weighted by molar-refractivity contribution is 7.20. The molecule has 3 fully saturated rings. The molecule has 3 N–H and O–H groups in total. The number of amides is 2. The molecule has 3 aromatic rings. The fourth-order valence-electron chi connectivity index (χ4n) is 6.74. The Morgan fingerprint density at radius 1 is 1.11 bits per heavy atom. The second-order valence-electron chi connectivity index (χ2n) is 12.7. The molecule has 0 unspecified atom stereocenters. The minimum Gasteiger partial charge on any atom is -0.479 e. The van der Waals surface area contributed by atoms with Gasteiger partial charge in [-0.2, -0.15) is 13.2 Å². The van der Waals surface area contributed by atoms with Gasteiger partial charge in [-0.05, 0) is 68.0 Å². The van der Waals surface area contributed by atoms with E-state index < -0.39 is 53.2 Å². The number of carbonyl (C=O) groups excluding carboxylic acids is 2. The van der Waals surface area contributed by atoms with E-state index in [0.717, 1.165) is 53.6 Å². The predicted octanol–water partition coefficient (Wildman–Crippen LogP) is 6.16. The number of carboxylic acids is 1. The molecule has 0 bridgehead atoms. The smallest absolute Gasteiger partial charge is 0.416 e. The van der Waals surface area contributed by atoms with E-state index >= 15 is 0 Å². The van der Waals surface area contributed by atoms with Crippen LogP contribution in [0, 0.1) is 12.8 Å². The first-order chi connectivity index (χ1) is 21.9. The van der Waals surface area contributed by atoms with E-state index in [-0.39, 0.29) is 24.6 Å². The maximum Gasteiger partial charge on any atom is 0.416 e. The van der Waals surface area contributed by atoms with Crippen molar-refractivity contribution >= 4 is 45.0 Å². The van der Waals surface area contributed by atoms with Gasteiger partial charge in [-0.15, -0.1) is 0 Å². The van der Waals surface area contributed by atoms with Gasteiger partial charge in [0, 0.05) is 12.1 Å². The molecule has 46 heavy (non-hydrogen) atoms. The molecule has 2 amide bonds. The van der Waals surface area contributed by atoms with Gasteiger partial charge in [-0.1, -0.05) is 55.6 Å². The number of fused-ring (bicyclic) bond motifs is 3. The number of thiazole rings is 1. The lowest BCUT2D eigenvalue weighted by Gasteiger charge is -2.30. The van der Waals surface area contributed by atoms with E-state index in [1.54, 1.807) is 0 Å². The van der Waals surface area contributed by atoms with Gasteiger partial charge < -0.3 is 25.4 Å². The van der Waals surface area contributed by atoms with Crippen LogP contribution < -0.4 is 15.4 Å². The number of aromatic nitrogens is 1. The lowest BCUT2D eigenvalue weighted by molar-refractivity contribution is -0.145. The van der Waals surface area contributed by atoms with Crippen molar-refractivity contribution in [1.82, 2.24) is 15.2 Å². The summed E-state index contributed by atoms with van der Waals surface area (Å²) in [6, 6.07) is 8.62. The van der Waals surface area contributed by atoms with E-state index in [4.69, 9.17) is 4.74 Å². The van der Waals surface area contributed by atoms with Gasteiger partial charge in [0.25, 0.3) is 5.19 Å². The van der Waals surface area contributed by atoms with Gasteiger partial charge >= 0.3 is 12.1 Å². The molecule has 2 aromatic carbocycles. The Bertz CT molecular complexity index is 1630. The first kappa shape index (κ1) is 32.1. The highest BCUT2D eigenvalue weighted by Crippen LogP contribution is 2.47. The largest absolute Gasteiger partial charge is 0.479 e. The number of halogens is 3. The molecule has 1 aliphatic carbocycles. The van der Waals surface area contributed by atoms with E-state index in [9.17, 15) is 32.7 Å². The number of hydrogen-bond acceptors (Lipinski definition) is 7. The Hall–Kier alpha value is -3.87. The number of carbonyl (C=O) groups is 3. The number of nitrogens with zero attached hydrogens (tertiary/aromatic N) is 2. The molecular formula is C33H37F3N4O5S. The maximum atomic E-state index is 14.3. The molecule has 0 spiro atoms.